The van der Waals surface area contributed by atoms with Crippen LogP contribution in [-0.2, 0) is 11.2 Å². The molecule has 0 spiro atoms. The predicted molar refractivity (Wildman–Crippen MR) is 92.9 cm³/mol. The van der Waals surface area contributed by atoms with Crippen LogP contribution in [0.25, 0.3) is 10.9 Å². The molecule has 22 heavy (non-hydrogen) atoms. The molecule has 120 valence electrons. The molecule has 4 nitrogen and oxygen atoms in total. The Labute approximate surface area is 141 Å². The van der Waals surface area contributed by atoms with Gasteiger partial charge in [-0.1, -0.05) is 11.6 Å². The topological polar surface area (TPSA) is 56.9 Å². The molecular weight excluding hydrogens is 321 g/mol. The van der Waals surface area contributed by atoms with Gasteiger partial charge in [-0.05, 0) is 49.6 Å². The van der Waals surface area contributed by atoms with Crippen molar-refractivity contribution in [3.8, 4) is 0 Å². The van der Waals surface area contributed by atoms with Crippen molar-refractivity contribution in [1.29, 1.82) is 0 Å². The number of H-pyrrole nitrogens is 1. The predicted octanol–water partition coefficient (Wildman–Crippen LogP) is 3.04. The summed E-state index contributed by atoms with van der Waals surface area (Å²) < 4.78 is 0. The van der Waals surface area contributed by atoms with Gasteiger partial charge in [0.05, 0.1) is 0 Å². The standard InChI is InChI=1S/C16H20ClN3O.ClH/c17-12-3-4-15-14(8-12)11(10-20-15)5-7-19-16(21)9-13-2-1-6-18-13;/h3-4,8,10,13,18,20H,1-2,5-7,9H2,(H,19,21);1H. The Morgan fingerprint density at radius 3 is 3.05 bits per heavy atom. The van der Waals surface area contributed by atoms with E-state index in [1.165, 1.54) is 12.0 Å². The van der Waals surface area contributed by atoms with Crippen molar-refractivity contribution in [1.82, 2.24) is 15.6 Å². The van der Waals surface area contributed by atoms with Crippen molar-refractivity contribution >= 4 is 40.8 Å². The van der Waals surface area contributed by atoms with Gasteiger partial charge < -0.3 is 15.6 Å². The zero-order valence-electron chi connectivity index (χ0n) is 12.3. The van der Waals surface area contributed by atoms with Gasteiger partial charge >= 0.3 is 0 Å². The molecule has 0 radical (unpaired) electrons. The molecule has 0 aliphatic carbocycles. The first kappa shape index (κ1) is 17.1. The number of nitrogens with one attached hydrogen (secondary N) is 3. The summed E-state index contributed by atoms with van der Waals surface area (Å²) in [5, 5.41) is 8.21. The van der Waals surface area contributed by atoms with Gasteiger partial charge in [0.15, 0.2) is 0 Å². The van der Waals surface area contributed by atoms with Gasteiger partial charge in [-0.25, -0.2) is 0 Å². The van der Waals surface area contributed by atoms with Gasteiger partial charge in [-0.3, -0.25) is 4.79 Å². The SMILES string of the molecule is Cl.O=C(CC1CCCN1)NCCc1c[nH]c2ccc(Cl)cc12. The van der Waals surface area contributed by atoms with Crippen molar-refractivity contribution in [2.75, 3.05) is 13.1 Å². The summed E-state index contributed by atoms with van der Waals surface area (Å²) in [4.78, 5) is 15.1. The van der Waals surface area contributed by atoms with Crippen LogP contribution in [0.4, 0.5) is 0 Å². The summed E-state index contributed by atoms with van der Waals surface area (Å²) in [6, 6.07) is 6.18. The van der Waals surface area contributed by atoms with Gasteiger partial charge in [0, 0.05) is 41.1 Å². The highest BCUT2D eigenvalue weighted by Gasteiger charge is 2.17. The van der Waals surface area contributed by atoms with Crippen LogP contribution in [0.15, 0.2) is 24.4 Å². The van der Waals surface area contributed by atoms with E-state index < -0.39 is 0 Å². The van der Waals surface area contributed by atoms with Crippen molar-refractivity contribution in [3.05, 3.63) is 35.0 Å². The maximum absolute atomic E-state index is 11.9. The largest absolute Gasteiger partial charge is 0.361 e. The Morgan fingerprint density at radius 1 is 1.41 bits per heavy atom. The minimum absolute atomic E-state index is 0. The zero-order chi connectivity index (χ0) is 14.7. The van der Waals surface area contributed by atoms with Crippen LogP contribution in [0.1, 0.15) is 24.8 Å². The van der Waals surface area contributed by atoms with Crippen LogP contribution in [0, 0.1) is 0 Å². The molecule has 3 rings (SSSR count). The lowest BCUT2D eigenvalue weighted by molar-refractivity contribution is -0.121. The second kappa shape index (κ2) is 7.86. The molecule has 1 atom stereocenters. The minimum atomic E-state index is 0. The maximum Gasteiger partial charge on any atom is 0.221 e. The number of benzene rings is 1. The monoisotopic (exact) mass is 341 g/mol. The Morgan fingerprint density at radius 2 is 2.27 bits per heavy atom. The molecule has 1 aliphatic rings. The van der Waals surface area contributed by atoms with Gasteiger partial charge in [-0.2, -0.15) is 0 Å². The fraction of sp³-hybridized carbons (Fsp3) is 0.438. The molecule has 1 aromatic heterocycles. The zero-order valence-corrected chi connectivity index (χ0v) is 13.9. The summed E-state index contributed by atoms with van der Waals surface area (Å²) in [5.74, 6) is 0.132. The summed E-state index contributed by atoms with van der Waals surface area (Å²) in [7, 11) is 0. The third kappa shape index (κ3) is 4.15. The third-order valence-corrected chi connectivity index (χ3v) is 4.28. The summed E-state index contributed by atoms with van der Waals surface area (Å²) in [6.45, 7) is 1.69. The number of halogens is 2. The van der Waals surface area contributed by atoms with Crippen LogP contribution in [0.2, 0.25) is 5.02 Å². The Bertz CT molecular complexity index is 635. The molecule has 1 amide bonds. The Balaban J connectivity index is 0.00000176. The smallest absolute Gasteiger partial charge is 0.221 e. The number of aromatic nitrogens is 1. The van der Waals surface area contributed by atoms with E-state index in [-0.39, 0.29) is 18.3 Å². The highest BCUT2D eigenvalue weighted by atomic mass is 35.5. The quantitative estimate of drug-likeness (QED) is 0.782. The van der Waals surface area contributed by atoms with Crippen LogP contribution >= 0.6 is 24.0 Å². The Kier molecular flexibility index (Phi) is 6.12. The molecule has 1 saturated heterocycles. The highest BCUT2D eigenvalue weighted by molar-refractivity contribution is 6.31. The van der Waals surface area contributed by atoms with E-state index >= 15 is 0 Å². The van der Waals surface area contributed by atoms with Crippen molar-refractivity contribution in [3.63, 3.8) is 0 Å². The van der Waals surface area contributed by atoms with E-state index in [2.05, 4.69) is 15.6 Å². The molecular formula is C16H21Cl2N3O. The van der Waals surface area contributed by atoms with Gasteiger partial charge in [0.1, 0.15) is 0 Å². The first-order chi connectivity index (χ1) is 10.2. The van der Waals surface area contributed by atoms with Crippen molar-refractivity contribution < 1.29 is 4.79 Å². The lowest BCUT2D eigenvalue weighted by Gasteiger charge is -2.10. The molecule has 1 aliphatic heterocycles. The molecule has 1 fully saturated rings. The third-order valence-electron chi connectivity index (χ3n) is 4.04. The van der Waals surface area contributed by atoms with E-state index in [0.717, 1.165) is 35.3 Å². The lowest BCUT2D eigenvalue weighted by Crippen LogP contribution is -2.32. The average Bonchev–Trinajstić information content (AvgIpc) is 3.09. The number of amides is 1. The maximum atomic E-state index is 11.9. The first-order valence-electron chi connectivity index (χ1n) is 7.48. The van der Waals surface area contributed by atoms with Crippen LogP contribution in [-0.4, -0.2) is 30.0 Å². The van der Waals surface area contributed by atoms with Crippen LogP contribution in [0.5, 0.6) is 0 Å². The van der Waals surface area contributed by atoms with Gasteiger partial charge in [-0.15, -0.1) is 12.4 Å². The van der Waals surface area contributed by atoms with Gasteiger partial charge in [0.2, 0.25) is 5.91 Å². The van der Waals surface area contributed by atoms with Gasteiger partial charge in [0.25, 0.3) is 0 Å². The number of aromatic amines is 1. The summed E-state index contributed by atoms with van der Waals surface area (Å²) >= 11 is 6.04. The number of hydrogen-bond donors (Lipinski definition) is 3. The molecule has 6 heteroatoms. The molecule has 2 aromatic rings. The second-order valence-electron chi connectivity index (χ2n) is 5.60. The van der Waals surface area contributed by atoms with Crippen LogP contribution in [0.3, 0.4) is 0 Å². The van der Waals surface area contributed by atoms with E-state index in [0.29, 0.717) is 19.0 Å². The van der Waals surface area contributed by atoms with Crippen molar-refractivity contribution in [2.24, 2.45) is 0 Å². The molecule has 1 aromatic carbocycles. The molecule has 1 unspecified atom stereocenters. The highest BCUT2D eigenvalue weighted by Crippen LogP contribution is 2.22. The fourth-order valence-electron chi connectivity index (χ4n) is 2.92. The number of carbonyl (C=O) groups is 1. The minimum Gasteiger partial charge on any atom is -0.361 e. The number of hydrogen-bond acceptors (Lipinski definition) is 2. The normalized spacial score (nSPS) is 17.4. The molecule has 0 bridgehead atoms. The fourth-order valence-corrected chi connectivity index (χ4v) is 3.09. The Hall–Kier alpha value is -1.23. The average molecular weight is 342 g/mol. The number of fused-ring (bicyclic) bond motifs is 1. The number of carbonyl (C=O) groups excluding carboxylic acids is 1. The summed E-state index contributed by atoms with van der Waals surface area (Å²) in [6.07, 6.45) is 5.66. The molecule has 2 heterocycles. The van der Waals surface area contributed by atoms with Crippen LogP contribution < -0.4 is 10.6 Å². The van der Waals surface area contributed by atoms with E-state index in [1.807, 2.05) is 24.4 Å². The lowest BCUT2D eigenvalue weighted by atomic mass is 10.1. The second-order valence-corrected chi connectivity index (χ2v) is 6.04. The van der Waals surface area contributed by atoms with Crippen molar-refractivity contribution in [2.45, 2.75) is 31.7 Å². The van der Waals surface area contributed by atoms with E-state index in [9.17, 15) is 4.79 Å². The van der Waals surface area contributed by atoms with E-state index in [1.54, 1.807) is 0 Å². The first-order valence-corrected chi connectivity index (χ1v) is 7.86. The summed E-state index contributed by atoms with van der Waals surface area (Å²) in [5.41, 5.74) is 2.27. The van der Waals surface area contributed by atoms with E-state index in [4.69, 9.17) is 11.6 Å². The number of rotatable bonds is 5. The molecule has 0 saturated carbocycles. The molecule has 3 N–H and O–H groups in total.